The molecule has 0 bridgehead atoms. The van der Waals surface area contributed by atoms with Gasteiger partial charge in [0.1, 0.15) is 5.52 Å². The second-order valence-electron chi connectivity index (χ2n) is 8.81. The van der Waals surface area contributed by atoms with Crippen LogP contribution in [-0.2, 0) is 0 Å². The Morgan fingerprint density at radius 1 is 0.553 bits per heavy atom. The van der Waals surface area contributed by atoms with Crippen LogP contribution in [0.15, 0.2) is 132 Å². The molecule has 0 spiro atoms. The van der Waals surface area contributed by atoms with E-state index in [0.717, 1.165) is 49.1 Å². The van der Waals surface area contributed by atoms with Crippen molar-refractivity contribution in [2.75, 3.05) is 5.32 Å². The molecule has 1 N–H and O–H groups in total. The van der Waals surface area contributed by atoms with Crippen LogP contribution in [0.25, 0.3) is 44.7 Å². The van der Waals surface area contributed by atoms with Gasteiger partial charge in [-0.25, -0.2) is 9.97 Å². The first-order chi connectivity index (χ1) is 18.7. The van der Waals surface area contributed by atoms with Crippen molar-refractivity contribution < 1.29 is 4.79 Å². The van der Waals surface area contributed by atoms with Crippen molar-refractivity contribution in [3.05, 3.63) is 137 Å². The Morgan fingerprint density at radius 2 is 1.08 bits per heavy atom. The van der Waals surface area contributed by atoms with Gasteiger partial charge in [-0.15, -0.1) is 0 Å². The molecule has 0 fully saturated rings. The molecule has 0 saturated heterocycles. The predicted molar refractivity (Wildman–Crippen MR) is 158 cm³/mol. The largest absolute Gasteiger partial charge is 0.321 e. The first-order valence-corrected chi connectivity index (χ1v) is 13.1. The number of hydrogen-bond donors (Lipinski definition) is 1. The molecule has 6 aromatic rings. The third-order valence-electron chi connectivity index (χ3n) is 6.37. The number of hydrogen-bond acceptors (Lipinski definition) is 3. The summed E-state index contributed by atoms with van der Waals surface area (Å²) in [5, 5.41) is 3.09. The fourth-order valence-electron chi connectivity index (χ4n) is 4.53. The van der Waals surface area contributed by atoms with Crippen LogP contribution < -0.4 is 5.32 Å². The van der Waals surface area contributed by atoms with E-state index in [0.29, 0.717) is 11.3 Å². The minimum Gasteiger partial charge on any atom is -0.321 e. The fourth-order valence-corrected chi connectivity index (χ4v) is 4.94. The van der Waals surface area contributed by atoms with Gasteiger partial charge in [-0.05, 0) is 40.2 Å². The number of amides is 1. The Hall–Kier alpha value is -4.61. The van der Waals surface area contributed by atoms with Crippen LogP contribution in [0.2, 0.25) is 0 Å². The molecule has 4 nitrogen and oxygen atoms in total. The van der Waals surface area contributed by atoms with E-state index < -0.39 is 0 Å². The van der Waals surface area contributed by atoms with Crippen LogP contribution in [0, 0.1) is 0 Å². The number of para-hydroxylation sites is 1. The number of aromatic nitrogens is 2. The van der Waals surface area contributed by atoms with E-state index in [-0.39, 0.29) is 5.91 Å². The van der Waals surface area contributed by atoms with E-state index in [4.69, 9.17) is 9.97 Å². The van der Waals surface area contributed by atoms with Crippen molar-refractivity contribution in [2.45, 2.75) is 0 Å². The van der Waals surface area contributed by atoms with Crippen molar-refractivity contribution in [2.24, 2.45) is 0 Å². The molecule has 6 rings (SSSR count). The van der Waals surface area contributed by atoms with Crippen LogP contribution in [0.5, 0.6) is 0 Å². The summed E-state index contributed by atoms with van der Waals surface area (Å²) in [5.41, 5.74) is 8.16. The highest BCUT2D eigenvalue weighted by atomic mass is 79.9. The SMILES string of the molecule is O=C(Nc1ccccc1-c1ccc(Br)c2nc(-c3ccccc3)c(-c3ccccc3)nc12)c1ccccc1. The van der Waals surface area contributed by atoms with Gasteiger partial charge in [0.05, 0.1) is 16.9 Å². The molecule has 1 aromatic heterocycles. The minimum atomic E-state index is -0.165. The maximum Gasteiger partial charge on any atom is 0.255 e. The molecule has 1 amide bonds. The third kappa shape index (κ3) is 4.60. The second kappa shape index (κ2) is 10.4. The third-order valence-corrected chi connectivity index (χ3v) is 7.01. The molecule has 0 radical (unpaired) electrons. The topological polar surface area (TPSA) is 54.9 Å². The molecule has 0 aliphatic heterocycles. The van der Waals surface area contributed by atoms with Gasteiger partial charge < -0.3 is 5.32 Å². The number of fused-ring (bicyclic) bond motifs is 1. The van der Waals surface area contributed by atoms with Gasteiger partial charge in [0.2, 0.25) is 0 Å². The number of carbonyl (C=O) groups excluding carboxylic acids is 1. The van der Waals surface area contributed by atoms with E-state index >= 15 is 0 Å². The second-order valence-corrected chi connectivity index (χ2v) is 9.67. The van der Waals surface area contributed by atoms with Crippen molar-refractivity contribution in [3.8, 4) is 33.6 Å². The summed E-state index contributed by atoms with van der Waals surface area (Å²) in [6, 6.07) is 41.2. The maximum absolute atomic E-state index is 13.0. The predicted octanol–water partition coefficient (Wildman–Crippen LogP) is 8.65. The maximum atomic E-state index is 13.0. The molecule has 5 heteroatoms. The zero-order chi connectivity index (χ0) is 25.9. The van der Waals surface area contributed by atoms with Gasteiger partial charge in [0, 0.05) is 38.0 Å². The molecule has 1 heterocycles. The summed E-state index contributed by atoms with van der Waals surface area (Å²) in [6.45, 7) is 0. The lowest BCUT2D eigenvalue weighted by atomic mass is 9.99. The Labute approximate surface area is 229 Å². The minimum absolute atomic E-state index is 0.165. The highest BCUT2D eigenvalue weighted by Crippen LogP contribution is 2.39. The van der Waals surface area contributed by atoms with Crippen LogP contribution >= 0.6 is 15.9 Å². The Kier molecular flexibility index (Phi) is 6.51. The van der Waals surface area contributed by atoms with Gasteiger partial charge in [0.25, 0.3) is 5.91 Å². The van der Waals surface area contributed by atoms with Crippen molar-refractivity contribution in [1.82, 2.24) is 9.97 Å². The average Bonchev–Trinajstić information content (AvgIpc) is 2.99. The molecular weight excluding hydrogens is 534 g/mol. The van der Waals surface area contributed by atoms with Gasteiger partial charge in [-0.2, -0.15) is 0 Å². The summed E-state index contributed by atoms with van der Waals surface area (Å²) < 4.78 is 0.853. The molecule has 0 atom stereocenters. The standard InChI is InChI=1S/C33H22BrN3O/c34-27-21-20-26(25-18-10-11-19-28(25)35-33(38)24-16-8-3-9-17-24)31-32(27)37-30(23-14-6-2-7-15-23)29(36-31)22-12-4-1-5-13-22/h1-21H,(H,35,38). The number of rotatable bonds is 5. The monoisotopic (exact) mass is 555 g/mol. The number of nitrogens with one attached hydrogen (secondary N) is 1. The van der Waals surface area contributed by atoms with E-state index in [1.54, 1.807) is 12.1 Å². The lowest BCUT2D eigenvalue weighted by molar-refractivity contribution is 0.102. The molecule has 0 saturated carbocycles. The molecule has 0 unspecified atom stereocenters. The quantitative estimate of drug-likeness (QED) is 0.231. The van der Waals surface area contributed by atoms with Crippen molar-refractivity contribution in [3.63, 3.8) is 0 Å². The van der Waals surface area contributed by atoms with E-state index in [1.807, 2.05) is 103 Å². The Bertz CT molecular complexity index is 1750. The number of halogens is 1. The van der Waals surface area contributed by atoms with Gasteiger partial charge in [-0.1, -0.05) is 103 Å². The van der Waals surface area contributed by atoms with Crippen LogP contribution in [0.4, 0.5) is 5.69 Å². The first-order valence-electron chi connectivity index (χ1n) is 12.3. The van der Waals surface area contributed by atoms with Gasteiger partial charge in [-0.3, -0.25) is 4.79 Å². The lowest BCUT2D eigenvalue weighted by Crippen LogP contribution is -2.12. The van der Waals surface area contributed by atoms with Crippen LogP contribution in [0.3, 0.4) is 0 Å². The number of nitrogens with zero attached hydrogens (tertiary/aromatic N) is 2. The van der Waals surface area contributed by atoms with E-state index in [2.05, 4.69) is 33.4 Å². The summed E-state index contributed by atoms with van der Waals surface area (Å²) >= 11 is 3.71. The van der Waals surface area contributed by atoms with E-state index in [9.17, 15) is 4.79 Å². The van der Waals surface area contributed by atoms with Crippen molar-refractivity contribution >= 4 is 38.6 Å². The molecule has 0 aliphatic rings. The smallest absolute Gasteiger partial charge is 0.255 e. The summed E-state index contributed by atoms with van der Waals surface area (Å²) in [5.74, 6) is -0.165. The van der Waals surface area contributed by atoms with Crippen LogP contribution in [-0.4, -0.2) is 15.9 Å². The molecule has 38 heavy (non-hydrogen) atoms. The zero-order valence-electron chi connectivity index (χ0n) is 20.3. The molecule has 0 aliphatic carbocycles. The normalized spacial score (nSPS) is 10.9. The van der Waals surface area contributed by atoms with Gasteiger partial charge in [0.15, 0.2) is 0 Å². The summed E-state index contributed by atoms with van der Waals surface area (Å²) in [7, 11) is 0. The fraction of sp³-hybridized carbons (Fsp3) is 0. The molecule has 5 aromatic carbocycles. The highest BCUT2D eigenvalue weighted by Gasteiger charge is 2.19. The van der Waals surface area contributed by atoms with Crippen molar-refractivity contribution in [1.29, 1.82) is 0 Å². The number of anilines is 1. The summed E-state index contributed by atoms with van der Waals surface area (Å²) in [4.78, 5) is 23.4. The Morgan fingerprint density at radius 3 is 1.71 bits per heavy atom. The van der Waals surface area contributed by atoms with Gasteiger partial charge >= 0.3 is 0 Å². The highest BCUT2D eigenvalue weighted by molar-refractivity contribution is 9.10. The molecule has 182 valence electrons. The lowest BCUT2D eigenvalue weighted by Gasteiger charge is -2.16. The Balaban J connectivity index is 1.56. The average molecular weight is 556 g/mol. The number of benzene rings is 5. The number of carbonyl (C=O) groups is 1. The van der Waals surface area contributed by atoms with Crippen LogP contribution in [0.1, 0.15) is 10.4 Å². The zero-order valence-corrected chi connectivity index (χ0v) is 21.9. The van der Waals surface area contributed by atoms with E-state index in [1.165, 1.54) is 0 Å². The summed E-state index contributed by atoms with van der Waals surface area (Å²) in [6.07, 6.45) is 0. The molecular formula is C33H22BrN3O. The first kappa shape index (κ1) is 23.8.